The number of carbonyl (C=O) groups is 2. The van der Waals surface area contributed by atoms with Crippen LogP contribution in [-0.2, 0) is 26.9 Å². The van der Waals surface area contributed by atoms with E-state index in [0.717, 1.165) is 33.0 Å². The van der Waals surface area contributed by atoms with E-state index in [4.69, 9.17) is 9.72 Å². The number of aliphatic carboxylic acids is 1. The number of carboxylic acids is 1. The number of hydrogen-bond donors (Lipinski definition) is 2. The summed E-state index contributed by atoms with van der Waals surface area (Å²) in [6, 6.07) is 7.57. The highest BCUT2D eigenvalue weighted by Crippen LogP contribution is 2.33. The fourth-order valence-electron chi connectivity index (χ4n) is 6.01. The van der Waals surface area contributed by atoms with Crippen LogP contribution in [0.3, 0.4) is 0 Å². The van der Waals surface area contributed by atoms with Gasteiger partial charge < -0.3 is 24.6 Å². The second-order valence-corrected chi connectivity index (χ2v) is 14.0. The molecule has 2 atom stereocenters. The molecule has 0 aliphatic carbocycles. The van der Waals surface area contributed by atoms with E-state index in [0.29, 0.717) is 25.0 Å². The van der Waals surface area contributed by atoms with Gasteiger partial charge in [-0.05, 0) is 99.5 Å². The zero-order chi connectivity index (χ0) is 37.0. The first kappa shape index (κ1) is 38.3. The lowest BCUT2D eigenvalue weighted by atomic mass is 9.89. The lowest BCUT2D eigenvalue weighted by molar-refractivity contribution is -0.139. The fourth-order valence-corrected chi connectivity index (χ4v) is 6.01. The number of benzene rings is 1. The molecule has 1 aliphatic heterocycles. The number of ether oxygens (including phenoxy) is 1. The molecule has 268 valence electrons. The van der Waals surface area contributed by atoms with Crippen molar-refractivity contribution in [3.8, 4) is 23.0 Å². The molecule has 1 aliphatic rings. The zero-order valence-corrected chi connectivity index (χ0v) is 29.6. The van der Waals surface area contributed by atoms with Crippen LogP contribution < -0.4 is 10.9 Å². The molecule has 3 aromatic rings. The van der Waals surface area contributed by atoms with Crippen molar-refractivity contribution in [1.82, 2.24) is 19.8 Å². The Morgan fingerprint density at radius 2 is 1.80 bits per heavy atom. The van der Waals surface area contributed by atoms with Gasteiger partial charge in [0.15, 0.2) is 0 Å². The molecular formula is C38H45F3N4O5. The van der Waals surface area contributed by atoms with Crippen LogP contribution in [0, 0.1) is 37.0 Å². The smallest absolute Gasteiger partial charge is 0.416 e. The zero-order valence-electron chi connectivity index (χ0n) is 29.6. The second kappa shape index (κ2) is 15.6. The Bertz CT molecular complexity index is 1830. The number of alkyl halides is 3. The Kier molecular flexibility index (Phi) is 12.0. The van der Waals surface area contributed by atoms with Gasteiger partial charge in [-0.1, -0.05) is 38.0 Å². The molecule has 0 radical (unpaired) electrons. The lowest BCUT2D eigenvalue weighted by Gasteiger charge is -2.32. The number of nitrogens with one attached hydrogen (secondary N) is 1. The highest BCUT2D eigenvalue weighted by atomic mass is 19.4. The van der Waals surface area contributed by atoms with Crippen LogP contribution in [0.5, 0.6) is 0 Å². The van der Waals surface area contributed by atoms with E-state index in [1.54, 1.807) is 25.1 Å². The van der Waals surface area contributed by atoms with Crippen LogP contribution in [0.4, 0.5) is 13.2 Å². The van der Waals surface area contributed by atoms with Crippen molar-refractivity contribution >= 4 is 11.9 Å². The van der Waals surface area contributed by atoms with Crippen LogP contribution in [-0.4, -0.2) is 65.3 Å². The molecule has 1 fully saturated rings. The second-order valence-electron chi connectivity index (χ2n) is 14.0. The third kappa shape index (κ3) is 9.61. The molecule has 1 saturated heterocycles. The van der Waals surface area contributed by atoms with Gasteiger partial charge in [0.05, 0.1) is 42.3 Å². The molecule has 0 unspecified atom stereocenters. The molecule has 12 heteroatoms. The standard InChI is InChI=1S/C38H45F3N4O5/c1-23(2)15-32(45-20-26(12-14-44(6)7)29(18-33(45)46)38(39,40)41)36(49)43-31(19-34(47)48)30-17-27(35-24(3)9-8-10-25(35)4)16-28(42-30)11-13-37(5)21-50-22-37/h8-10,16-18,20,23,31-32H,12,14-15,19,21-22H2,1-7H3,(H,43,49)(H,47,48)/t31-,32-/m0/s1. The van der Waals surface area contributed by atoms with Gasteiger partial charge in [0.25, 0.3) is 5.56 Å². The Labute approximate surface area is 290 Å². The van der Waals surface area contributed by atoms with E-state index in [1.165, 1.54) is 0 Å². The van der Waals surface area contributed by atoms with Crippen molar-refractivity contribution < 1.29 is 32.6 Å². The summed E-state index contributed by atoms with van der Waals surface area (Å²) >= 11 is 0. The molecule has 50 heavy (non-hydrogen) atoms. The van der Waals surface area contributed by atoms with Crippen molar-refractivity contribution in [3.63, 3.8) is 0 Å². The molecule has 2 N–H and O–H groups in total. The average molecular weight is 695 g/mol. The van der Waals surface area contributed by atoms with Crippen molar-refractivity contribution in [2.45, 2.75) is 72.1 Å². The number of pyridine rings is 2. The van der Waals surface area contributed by atoms with Gasteiger partial charge in [-0.15, -0.1) is 0 Å². The van der Waals surface area contributed by atoms with E-state index in [1.807, 2.05) is 58.9 Å². The Morgan fingerprint density at radius 3 is 2.34 bits per heavy atom. The topological polar surface area (TPSA) is 114 Å². The molecule has 0 bridgehead atoms. The summed E-state index contributed by atoms with van der Waals surface area (Å²) in [7, 11) is 3.45. The Balaban J connectivity index is 1.82. The molecule has 0 spiro atoms. The summed E-state index contributed by atoms with van der Waals surface area (Å²) in [4.78, 5) is 46.0. The quantitative estimate of drug-likeness (QED) is 0.225. The number of carboxylic acid groups (broad SMARTS) is 1. The first-order chi connectivity index (χ1) is 23.4. The largest absolute Gasteiger partial charge is 0.481 e. The maximum atomic E-state index is 14.1. The number of nitrogens with zero attached hydrogens (tertiary/aromatic N) is 3. The summed E-state index contributed by atoms with van der Waals surface area (Å²) in [5, 5.41) is 12.8. The normalized spacial score (nSPS) is 15.2. The molecule has 0 saturated carbocycles. The van der Waals surface area contributed by atoms with Crippen LogP contribution in [0.15, 0.2) is 47.4 Å². The minimum absolute atomic E-state index is 0.0101. The third-order valence-electron chi connectivity index (χ3n) is 8.63. The van der Waals surface area contributed by atoms with Gasteiger partial charge in [-0.3, -0.25) is 14.4 Å². The molecule has 4 rings (SSSR count). The first-order valence-corrected chi connectivity index (χ1v) is 16.6. The number of halogens is 3. The van der Waals surface area contributed by atoms with E-state index in [2.05, 4.69) is 17.2 Å². The molecule has 1 aromatic carbocycles. The van der Waals surface area contributed by atoms with Gasteiger partial charge in [-0.2, -0.15) is 13.2 Å². The number of carbonyl (C=O) groups excluding carboxylic acids is 1. The number of amides is 1. The third-order valence-corrected chi connectivity index (χ3v) is 8.63. The van der Waals surface area contributed by atoms with E-state index in [9.17, 15) is 32.7 Å². The van der Waals surface area contributed by atoms with Crippen LogP contribution in [0.1, 0.15) is 79.3 Å². The number of likely N-dealkylation sites (N-methyl/N-ethyl adjacent to an activating group) is 1. The minimum Gasteiger partial charge on any atom is -0.481 e. The molecule has 9 nitrogen and oxygen atoms in total. The molecular weight excluding hydrogens is 649 g/mol. The number of rotatable bonds is 12. The average Bonchev–Trinajstić information content (AvgIpc) is 2.99. The molecule has 3 heterocycles. The predicted octanol–water partition coefficient (Wildman–Crippen LogP) is 5.96. The number of aromatic nitrogens is 2. The summed E-state index contributed by atoms with van der Waals surface area (Å²) in [5.41, 5.74) is 1.72. The molecule has 1 amide bonds. The van der Waals surface area contributed by atoms with E-state index >= 15 is 0 Å². The van der Waals surface area contributed by atoms with E-state index < -0.39 is 47.7 Å². The first-order valence-electron chi connectivity index (χ1n) is 16.6. The van der Waals surface area contributed by atoms with Gasteiger partial charge in [0, 0.05) is 18.8 Å². The predicted molar refractivity (Wildman–Crippen MR) is 185 cm³/mol. The SMILES string of the molecule is Cc1cccc(C)c1-c1cc(C#CC2(C)COC2)nc([C@H](CC(=O)O)NC(=O)[C@H](CC(C)C)n2cc(CCN(C)C)c(C(F)(F)F)cc2=O)c1. The summed E-state index contributed by atoms with van der Waals surface area (Å²) in [6.45, 7) is 10.8. The summed E-state index contributed by atoms with van der Waals surface area (Å²) < 4.78 is 48.4. The summed E-state index contributed by atoms with van der Waals surface area (Å²) in [5.74, 6) is 4.27. The highest BCUT2D eigenvalue weighted by Gasteiger charge is 2.36. The van der Waals surface area contributed by atoms with Crippen molar-refractivity contribution in [1.29, 1.82) is 0 Å². The van der Waals surface area contributed by atoms with Crippen LogP contribution in [0.25, 0.3) is 11.1 Å². The van der Waals surface area contributed by atoms with Gasteiger partial charge in [-0.25, -0.2) is 4.98 Å². The van der Waals surface area contributed by atoms with Gasteiger partial charge >= 0.3 is 12.1 Å². The van der Waals surface area contributed by atoms with Gasteiger partial charge in [0.1, 0.15) is 11.7 Å². The molecule has 2 aromatic heterocycles. The lowest BCUT2D eigenvalue weighted by Crippen LogP contribution is -2.41. The Morgan fingerprint density at radius 1 is 1.14 bits per heavy atom. The van der Waals surface area contributed by atoms with Crippen molar-refractivity contribution in [2.75, 3.05) is 33.9 Å². The monoisotopic (exact) mass is 694 g/mol. The van der Waals surface area contributed by atoms with Crippen molar-refractivity contribution in [2.24, 2.45) is 11.3 Å². The van der Waals surface area contributed by atoms with Crippen molar-refractivity contribution in [3.05, 3.63) is 86.6 Å². The Hall–Kier alpha value is -4.47. The van der Waals surface area contributed by atoms with E-state index in [-0.39, 0.29) is 42.0 Å². The number of hydrogen-bond acceptors (Lipinski definition) is 6. The highest BCUT2D eigenvalue weighted by molar-refractivity contribution is 5.82. The fraction of sp³-hybridized carbons (Fsp3) is 0.474. The maximum Gasteiger partial charge on any atom is 0.416 e. The maximum absolute atomic E-state index is 14.1. The van der Waals surface area contributed by atoms with Crippen LogP contribution >= 0.6 is 0 Å². The summed E-state index contributed by atoms with van der Waals surface area (Å²) in [6.07, 6.45) is -4.09. The number of aryl methyl sites for hydroxylation is 2. The minimum atomic E-state index is -4.77. The van der Waals surface area contributed by atoms with Gasteiger partial charge in [0.2, 0.25) is 5.91 Å². The van der Waals surface area contributed by atoms with Crippen LogP contribution in [0.2, 0.25) is 0 Å².